The van der Waals surface area contributed by atoms with Gasteiger partial charge in [-0.15, -0.1) is 0 Å². The second-order valence-electron chi connectivity index (χ2n) is 3.83. The number of hydrogen-bond donors (Lipinski definition) is 3. The number of nitrogens with one attached hydrogen (secondary N) is 1. The number of phenols is 1. The normalized spacial score (nSPS) is 11.2. The highest BCUT2D eigenvalue weighted by atomic mass is 16.3. The summed E-state index contributed by atoms with van der Waals surface area (Å²) in [6.45, 7) is 3.74. The van der Waals surface area contributed by atoms with Gasteiger partial charge < -0.3 is 16.2 Å². The van der Waals surface area contributed by atoms with Gasteiger partial charge in [-0.2, -0.15) is 0 Å². The van der Waals surface area contributed by atoms with Crippen LogP contribution < -0.4 is 11.1 Å². The van der Waals surface area contributed by atoms with E-state index in [1.807, 2.05) is 13.8 Å². The summed E-state index contributed by atoms with van der Waals surface area (Å²) in [7, 11) is 0. The van der Waals surface area contributed by atoms with Gasteiger partial charge >= 0.3 is 0 Å². The monoisotopic (exact) mass is 222 g/mol. The fourth-order valence-corrected chi connectivity index (χ4v) is 1.40. The van der Waals surface area contributed by atoms with Crippen molar-refractivity contribution in [1.82, 2.24) is 0 Å². The van der Waals surface area contributed by atoms with Crippen LogP contribution >= 0.6 is 0 Å². The molecule has 0 aliphatic rings. The zero-order valence-corrected chi connectivity index (χ0v) is 9.66. The lowest BCUT2D eigenvalue weighted by Gasteiger charge is -2.25. The Labute approximate surface area is 95.5 Å². The maximum Gasteiger partial charge on any atom is 0.244 e. The Hall–Kier alpha value is -1.55. The summed E-state index contributed by atoms with van der Waals surface area (Å²) in [6, 6.07) is 6.59. The molecule has 1 aromatic rings. The minimum absolute atomic E-state index is 0.0467. The number of aromatic hydroxyl groups is 1. The van der Waals surface area contributed by atoms with Crippen molar-refractivity contribution in [2.45, 2.75) is 32.2 Å². The van der Waals surface area contributed by atoms with Gasteiger partial charge in [-0.05, 0) is 25.0 Å². The largest absolute Gasteiger partial charge is 0.506 e. The smallest absolute Gasteiger partial charge is 0.244 e. The third kappa shape index (κ3) is 2.52. The van der Waals surface area contributed by atoms with Crippen LogP contribution in [-0.2, 0) is 4.79 Å². The van der Waals surface area contributed by atoms with E-state index in [4.69, 9.17) is 5.73 Å². The predicted molar refractivity (Wildman–Crippen MR) is 64.2 cm³/mol. The first-order chi connectivity index (χ1) is 7.53. The first kappa shape index (κ1) is 12.5. The van der Waals surface area contributed by atoms with Gasteiger partial charge in [0.2, 0.25) is 5.91 Å². The maximum atomic E-state index is 11.9. The number of carbonyl (C=O) groups excluding carboxylic acids is 1. The Morgan fingerprint density at radius 1 is 1.38 bits per heavy atom. The minimum atomic E-state index is -0.873. The van der Waals surface area contributed by atoms with Crippen LogP contribution in [0, 0.1) is 0 Å². The maximum absolute atomic E-state index is 11.9. The van der Waals surface area contributed by atoms with Crippen molar-refractivity contribution in [3.05, 3.63) is 24.3 Å². The quantitative estimate of drug-likeness (QED) is 0.680. The van der Waals surface area contributed by atoms with Crippen LogP contribution in [0.4, 0.5) is 5.69 Å². The fourth-order valence-electron chi connectivity index (χ4n) is 1.40. The minimum Gasteiger partial charge on any atom is -0.506 e. The molecule has 88 valence electrons. The Morgan fingerprint density at radius 3 is 2.44 bits per heavy atom. The molecule has 0 fully saturated rings. The Kier molecular flexibility index (Phi) is 3.90. The first-order valence-electron chi connectivity index (χ1n) is 5.42. The second-order valence-corrected chi connectivity index (χ2v) is 3.83. The van der Waals surface area contributed by atoms with E-state index < -0.39 is 5.54 Å². The van der Waals surface area contributed by atoms with Crippen molar-refractivity contribution in [2.24, 2.45) is 5.73 Å². The van der Waals surface area contributed by atoms with Gasteiger partial charge in [-0.25, -0.2) is 0 Å². The number of carbonyl (C=O) groups is 1. The van der Waals surface area contributed by atoms with Crippen LogP contribution in [0.1, 0.15) is 26.7 Å². The molecule has 4 heteroatoms. The molecule has 1 rings (SSSR count). The van der Waals surface area contributed by atoms with E-state index in [0.717, 1.165) is 0 Å². The van der Waals surface area contributed by atoms with Crippen molar-refractivity contribution in [3.8, 4) is 5.75 Å². The van der Waals surface area contributed by atoms with Gasteiger partial charge in [0.1, 0.15) is 5.75 Å². The SMILES string of the molecule is CCC(N)(CC)C(=O)Nc1ccccc1O. The number of nitrogens with two attached hydrogens (primary N) is 1. The van der Waals surface area contributed by atoms with Crippen molar-refractivity contribution in [3.63, 3.8) is 0 Å². The highest BCUT2D eigenvalue weighted by Gasteiger charge is 2.30. The number of anilines is 1. The third-order valence-electron chi connectivity index (χ3n) is 2.87. The van der Waals surface area contributed by atoms with Gasteiger partial charge in [-0.3, -0.25) is 4.79 Å². The van der Waals surface area contributed by atoms with E-state index in [-0.39, 0.29) is 11.7 Å². The molecular formula is C12H18N2O2. The molecule has 0 heterocycles. The predicted octanol–water partition coefficient (Wildman–Crippen LogP) is 1.85. The van der Waals surface area contributed by atoms with Crippen LogP contribution in [0.2, 0.25) is 0 Å². The zero-order valence-electron chi connectivity index (χ0n) is 9.66. The second kappa shape index (κ2) is 4.99. The molecule has 0 bridgehead atoms. The average molecular weight is 222 g/mol. The number of amides is 1. The molecule has 0 saturated heterocycles. The molecule has 0 aliphatic heterocycles. The number of para-hydroxylation sites is 2. The number of rotatable bonds is 4. The third-order valence-corrected chi connectivity index (χ3v) is 2.87. The van der Waals surface area contributed by atoms with E-state index in [2.05, 4.69) is 5.32 Å². The molecule has 0 aromatic heterocycles. The molecule has 1 amide bonds. The van der Waals surface area contributed by atoms with Crippen LogP contribution in [-0.4, -0.2) is 16.6 Å². The van der Waals surface area contributed by atoms with E-state index in [9.17, 15) is 9.90 Å². The molecular weight excluding hydrogens is 204 g/mol. The molecule has 0 spiro atoms. The highest BCUT2D eigenvalue weighted by Crippen LogP contribution is 2.23. The molecule has 16 heavy (non-hydrogen) atoms. The first-order valence-corrected chi connectivity index (χ1v) is 5.42. The summed E-state index contributed by atoms with van der Waals surface area (Å²) in [5.41, 5.74) is 5.46. The summed E-state index contributed by atoms with van der Waals surface area (Å²) in [5.74, 6) is -0.218. The lowest BCUT2D eigenvalue weighted by Crippen LogP contribution is -2.50. The van der Waals surface area contributed by atoms with Crippen molar-refractivity contribution < 1.29 is 9.90 Å². The van der Waals surface area contributed by atoms with Crippen LogP contribution in [0.15, 0.2) is 24.3 Å². The standard InChI is InChI=1S/C12H18N2O2/c1-3-12(13,4-2)11(16)14-9-7-5-6-8-10(9)15/h5-8,15H,3-4,13H2,1-2H3,(H,14,16). The van der Waals surface area contributed by atoms with Crippen molar-refractivity contribution in [1.29, 1.82) is 0 Å². The summed E-state index contributed by atoms with van der Waals surface area (Å²) in [6.07, 6.45) is 1.12. The number of benzene rings is 1. The summed E-state index contributed by atoms with van der Waals surface area (Å²) in [4.78, 5) is 11.9. The number of hydrogen-bond acceptors (Lipinski definition) is 3. The molecule has 1 aromatic carbocycles. The summed E-state index contributed by atoms with van der Waals surface area (Å²) >= 11 is 0. The highest BCUT2D eigenvalue weighted by molar-refractivity contribution is 5.98. The molecule has 0 atom stereocenters. The average Bonchev–Trinajstić information content (AvgIpc) is 2.31. The van der Waals surface area contributed by atoms with Gasteiger partial charge in [0, 0.05) is 0 Å². The van der Waals surface area contributed by atoms with Crippen LogP contribution in [0.25, 0.3) is 0 Å². The van der Waals surface area contributed by atoms with E-state index in [1.54, 1.807) is 18.2 Å². The fraction of sp³-hybridized carbons (Fsp3) is 0.417. The lowest BCUT2D eigenvalue weighted by atomic mass is 9.93. The van der Waals surface area contributed by atoms with Gasteiger partial charge in [0.05, 0.1) is 11.2 Å². The summed E-state index contributed by atoms with van der Waals surface area (Å²) in [5, 5.41) is 12.2. The van der Waals surface area contributed by atoms with Gasteiger partial charge in [0.15, 0.2) is 0 Å². The summed E-state index contributed by atoms with van der Waals surface area (Å²) < 4.78 is 0. The topological polar surface area (TPSA) is 75.4 Å². The molecule has 0 aliphatic carbocycles. The molecule has 4 N–H and O–H groups in total. The Morgan fingerprint density at radius 2 is 1.94 bits per heavy atom. The molecule has 0 saturated carbocycles. The molecule has 0 unspecified atom stereocenters. The Balaban J connectivity index is 2.83. The van der Waals surface area contributed by atoms with E-state index in [0.29, 0.717) is 18.5 Å². The van der Waals surface area contributed by atoms with Gasteiger partial charge in [0.25, 0.3) is 0 Å². The van der Waals surface area contributed by atoms with Gasteiger partial charge in [-0.1, -0.05) is 26.0 Å². The van der Waals surface area contributed by atoms with Crippen LogP contribution in [0.5, 0.6) is 5.75 Å². The Bertz CT molecular complexity index is 373. The van der Waals surface area contributed by atoms with E-state index >= 15 is 0 Å². The van der Waals surface area contributed by atoms with Crippen molar-refractivity contribution in [2.75, 3.05) is 5.32 Å². The van der Waals surface area contributed by atoms with E-state index in [1.165, 1.54) is 6.07 Å². The zero-order chi connectivity index (χ0) is 12.2. The lowest BCUT2D eigenvalue weighted by molar-refractivity contribution is -0.121. The van der Waals surface area contributed by atoms with Crippen molar-refractivity contribution >= 4 is 11.6 Å². The van der Waals surface area contributed by atoms with Crippen LogP contribution in [0.3, 0.4) is 0 Å². The molecule has 4 nitrogen and oxygen atoms in total. The number of phenolic OH excluding ortho intramolecular Hbond substituents is 1. The molecule has 0 radical (unpaired) electrons.